The van der Waals surface area contributed by atoms with Crippen molar-refractivity contribution in [3.05, 3.63) is 95.0 Å². The summed E-state index contributed by atoms with van der Waals surface area (Å²) >= 11 is 6.23. The van der Waals surface area contributed by atoms with Gasteiger partial charge in [0.05, 0.1) is 10.6 Å². The lowest BCUT2D eigenvalue weighted by atomic mass is 10.1. The molecule has 1 aliphatic rings. The van der Waals surface area contributed by atoms with Crippen LogP contribution in [-0.4, -0.2) is 43.8 Å². The first kappa shape index (κ1) is 29.6. The van der Waals surface area contributed by atoms with E-state index in [0.29, 0.717) is 11.4 Å². The quantitative estimate of drug-likeness (QED) is 0.314. The molecule has 1 N–H and O–H groups in total. The van der Waals surface area contributed by atoms with Crippen LogP contribution < -0.4 is 9.62 Å². The van der Waals surface area contributed by atoms with Crippen LogP contribution in [0.3, 0.4) is 0 Å². The zero-order valence-corrected chi connectivity index (χ0v) is 24.5. The normalized spacial score (nSPS) is 14.5. The van der Waals surface area contributed by atoms with E-state index >= 15 is 0 Å². The topological polar surface area (TPSA) is 86.8 Å². The second kappa shape index (κ2) is 13.3. The molecule has 0 spiro atoms. The SMILES string of the molecule is CC[C@@H](C(=O)NC1CCCC1)N(Cc1ccc(C)cc1)C(=O)CN(c1cccc(Cl)c1)S(=O)(=O)c1ccccc1. The first-order valence-corrected chi connectivity index (χ1v) is 15.5. The van der Waals surface area contributed by atoms with E-state index in [0.717, 1.165) is 41.1 Å². The van der Waals surface area contributed by atoms with Crippen LogP contribution in [0.4, 0.5) is 5.69 Å². The molecule has 7 nitrogen and oxygen atoms in total. The van der Waals surface area contributed by atoms with E-state index in [1.54, 1.807) is 36.4 Å². The van der Waals surface area contributed by atoms with Gasteiger partial charge in [-0.05, 0) is 62.1 Å². The summed E-state index contributed by atoms with van der Waals surface area (Å²) in [6, 6.07) is 21.5. The number of nitrogens with one attached hydrogen (secondary N) is 1. The molecular formula is C31H36ClN3O4S. The third-order valence-corrected chi connectivity index (χ3v) is 9.29. The van der Waals surface area contributed by atoms with Crippen molar-refractivity contribution in [2.24, 2.45) is 0 Å². The standard InChI is InChI=1S/C31H36ClN3O4S/c1-3-29(31(37)33-26-11-7-8-12-26)34(21-24-18-16-23(2)17-19-24)30(36)22-35(27-13-9-10-25(32)20-27)40(38,39)28-14-5-4-6-15-28/h4-6,9-10,13-20,26,29H,3,7-8,11-12,21-22H2,1-2H3,(H,33,37)/t29-/m0/s1. The summed E-state index contributed by atoms with van der Waals surface area (Å²) in [5.74, 6) is -0.691. The smallest absolute Gasteiger partial charge is 0.264 e. The summed E-state index contributed by atoms with van der Waals surface area (Å²) in [7, 11) is -4.12. The minimum absolute atomic E-state index is 0.0545. The van der Waals surface area contributed by atoms with Crippen LogP contribution in [0.25, 0.3) is 0 Å². The minimum atomic E-state index is -4.12. The molecule has 0 aromatic heterocycles. The summed E-state index contributed by atoms with van der Waals surface area (Å²) in [4.78, 5) is 29.2. The molecule has 3 aromatic rings. The molecule has 1 saturated carbocycles. The van der Waals surface area contributed by atoms with Gasteiger partial charge in [-0.15, -0.1) is 0 Å². The fourth-order valence-corrected chi connectivity index (χ4v) is 6.67. The number of aryl methyl sites for hydroxylation is 1. The molecule has 9 heteroatoms. The maximum atomic E-state index is 14.1. The highest BCUT2D eigenvalue weighted by molar-refractivity contribution is 7.92. The molecule has 4 rings (SSSR count). The van der Waals surface area contributed by atoms with Crippen molar-refractivity contribution in [1.29, 1.82) is 0 Å². The first-order valence-electron chi connectivity index (χ1n) is 13.7. The largest absolute Gasteiger partial charge is 0.352 e. The van der Waals surface area contributed by atoms with Gasteiger partial charge in [-0.3, -0.25) is 13.9 Å². The molecule has 212 valence electrons. The average Bonchev–Trinajstić information content (AvgIpc) is 3.46. The molecular weight excluding hydrogens is 546 g/mol. The number of carbonyl (C=O) groups excluding carboxylic acids is 2. The van der Waals surface area contributed by atoms with Gasteiger partial charge in [0.2, 0.25) is 11.8 Å². The van der Waals surface area contributed by atoms with Gasteiger partial charge in [0.25, 0.3) is 10.0 Å². The molecule has 0 aliphatic heterocycles. The van der Waals surface area contributed by atoms with Crippen molar-refractivity contribution in [2.75, 3.05) is 10.8 Å². The van der Waals surface area contributed by atoms with Crippen LogP contribution in [0, 0.1) is 6.92 Å². The second-order valence-electron chi connectivity index (χ2n) is 10.2. The fourth-order valence-electron chi connectivity index (χ4n) is 5.06. The fraction of sp³-hybridized carbons (Fsp3) is 0.355. The Kier molecular flexibility index (Phi) is 9.87. The van der Waals surface area contributed by atoms with E-state index in [2.05, 4.69) is 5.32 Å². The maximum Gasteiger partial charge on any atom is 0.264 e. The molecule has 0 radical (unpaired) electrons. The van der Waals surface area contributed by atoms with Crippen LogP contribution in [0.5, 0.6) is 0 Å². The number of sulfonamides is 1. The van der Waals surface area contributed by atoms with E-state index in [1.165, 1.54) is 23.1 Å². The Morgan fingerprint density at radius 1 is 0.975 bits per heavy atom. The zero-order chi connectivity index (χ0) is 28.7. The van der Waals surface area contributed by atoms with Crippen molar-refractivity contribution >= 4 is 39.1 Å². The monoisotopic (exact) mass is 581 g/mol. The Morgan fingerprint density at radius 3 is 2.27 bits per heavy atom. The van der Waals surface area contributed by atoms with Gasteiger partial charge in [0, 0.05) is 17.6 Å². The lowest BCUT2D eigenvalue weighted by Crippen LogP contribution is -2.53. The highest BCUT2D eigenvalue weighted by Gasteiger charge is 2.34. The molecule has 1 aliphatic carbocycles. The number of halogens is 1. The van der Waals surface area contributed by atoms with Crippen LogP contribution in [0.15, 0.2) is 83.8 Å². The maximum absolute atomic E-state index is 14.1. The number of hydrogen-bond acceptors (Lipinski definition) is 4. The number of amides is 2. The molecule has 0 heterocycles. The van der Waals surface area contributed by atoms with Gasteiger partial charge in [0.1, 0.15) is 12.6 Å². The van der Waals surface area contributed by atoms with Gasteiger partial charge < -0.3 is 10.2 Å². The lowest BCUT2D eigenvalue weighted by molar-refractivity contribution is -0.140. The molecule has 3 aromatic carbocycles. The first-order chi connectivity index (χ1) is 19.2. The Labute approximate surface area is 242 Å². The van der Waals surface area contributed by atoms with E-state index in [4.69, 9.17) is 11.6 Å². The molecule has 1 fully saturated rings. The Bertz CT molecular complexity index is 1410. The highest BCUT2D eigenvalue weighted by atomic mass is 35.5. The van der Waals surface area contributed by atoms with Gasteiger partial charge in [-0.25, -0.2) is 8.42 Å². The van der Waals surface area contributed by atoms with Crippen LogP contribution in [0.2, 0.25) is 5.02 Å². The Morgan fingerprint density at radius 2 is 1.65 bits per heavy atom. The number of hydrogen-bond donors (Lipinski definition) is 1. The average molecular weight is 582 g/mol. The predicted molar refractivity (Wildman–Crippen MR) is 159 cm³/mol. The molecule has 1 atom stereocenters. The molecule has 0 bridgehead atoms. The van der Waals surface area contributed by atoms with Crippen LogP contribution >= 0.6 is 11.6 Å². The zero-order valence-electron chi connectivity index (χ0n) is 22.9. The summed E-state index contributed by atoms with van der Waals surface area (Å²) in [6.07, 6.45) is 4.37. The Balaban J connectivity index is 1.70. The van der Waals surface area contributed by atoms with Crippen molar-refractivity contribution < 1.29 is 18.0 Å². The van der Waals surface area contributed by atoms with E-state index < -0.39 is 28.5 Å². The van der Waals surface area contributed by atoms with Crippen molar-refractivity contribution in [2.45, 2.75) is 69.5 Å². The molecule has 0 unspecified atom stereocenters. The lowest BCUT2D eigenvalue weighted by Gasteiger charge is -2.33. The summed E-state index contributed by atoms with van der Waals surface area (Å²) in [5.41, 5.74) is 2.20. The summed E-state index contributed by atoms with van der Waals surface area (Å²) < 4.78 is 28.7. The van der Waals surface area contributed by atoms with Crippen molar-refractivity contribution in [1.82, 2.24) is 10.2 Å². The van der Waals surface area contributed by atoms with Crippen molar-refractivity contribution in [3.63, 3.8) is 0 Å². The van der Waals surface area contributed by atoms with Gasteiger partial charge in [0.15, 0.2) is 0 Å². The number of benzene rings is 3. The summed E-state index contributed by atoms with van der Waals surface area (Å²) in [5, 5.41) is 3.47. The number of anilines is 1. The Hall–Kier alpha value is -3.36. The third kappa shape index (κ3) is 7.23. The molecule has 40 heavy (non-hydrogen) atoms. The van der Waals surface area contributed by atoms with Crippen LogP contribution in [-0.2, 0) is 26.2 Å². The van der Waals surface area contributed by atoms with E-state index in [1.807, 2.05) is 38.1 Å². The third-order valence-electron chi connectivity index (χ3n) is 7.27. The van der Waals surface area contributed by atoms with Gasteiger partial charge in [-0.2, -0.15) is 0 Å². The predicted octanol–water partition coefficient (Wildman–Crippen LogP) is 5.71. The van der Waals surface area contributed by atoms with E-state index in [9.17, 15) is 18.0 Å². The second-order valence-corrected chi connectivity index (χ2v) is 12.5. The molecule has 0 saturated heterocycles. The highest BCUT2D eigenvalue weighted by Crippen LogP contribution is 2.27. The number of rotatable bonds is 11. The van der Waals surface area contributed by atoms with Crippen molar-refractivity contribution in [3.8, 4) is 0 Å². The van der Waals surface area contributed by atoms with Crippen LogP contribution in [0.1, 0.15) is 50.2 Å². The number of carbonyl (C=O) groups is 2. The summed E-state index contributed by atoms with van der Waals surface area (Å²) in [6.45, 7) is 3.53. The minimum Gasteiger partial charge on any atom is -0.352 e. The van der Waals surface area contributed by atoms with E-state index in [-0.39, 0.29) is 29.1 Å². The van der Waals surface area contributed by atoms with Gasteiger partial charge >= 0.3 is 0 Å². The number of nitrogens with zero attached hydrogens (tertiary/aromatic N) is 2. The molecule has 2 amide bonds. The van der Waals surface area contributed by atoms with Gasteiger partial charge in [-0.1, -0.05) is 85.5 Å².